The van der Waals surface area contributed by atoms with Crippen LogP contribution < -0.4 is 5.32 Å². The number of nitrogens with zero attached hydrogens (tertiary/aromatic N) is 2. The van der Waals surface area contributed by atoms with Crippen molar-refractivity contribution in [1.82, 2.24) is 15.3 Å². The number of nitrogens with one attached hydrogen (secondary N) is 1. The molecule has 0 aliphatic carbocycles. The van der Waals surface area contributed by atoms with Crippen LogP contribution in [0.5, 0.6) is 0 Å². The molecule has 112 valence electrons. The molecule has 21 heavy (non-hydrogen) atoms. The van der Waals surface area contributed by atoms with Crippen molar-refractivity contribution in [2.24, 2.45) is 0 Å². The van der Waals surface area contributed by atoms with Crippen LogP contribution in [0.4, 0.5) is 0 Å². The van der Waals surface area contributed by atoms with Crippen LogP contribution in [-0.4, -0.2) is 29.2 Å². The fraction of sp³-hybridized carbons (Fsp3) is 0.529. The molecule has 0 radical (unpaired) electrons. The van der Waals surface area contributed by atoms with Crippen molar-refractivity contribution in [1.29, 1.82) is 0 Å². The van der Waals surface area contributed by atoms with Crippen LogP contribution in [0.2, 0.25) is 0 Å². The number of para-hydroxylation sites is 1. The van der Waals surface area contributed by atoms with Crippen LogP contribution in [0.1, 0.15) is 44.2 Å². The van der Waals surface area contributed by atoms with Gasteiger partial charge in [0.1, 0.15) is 0 Å². The van der Waals surface area contributed by atoms with Gasteiger partial charge in [-0.3, -0.25) is 9.97 Å². The zero-order valence-corrected chi connectivity index (χ0v) is 12.6. The maximum Gasteiger partial charge on any atom is 0.0934 e. The lowest BCUT2D eigenvalue weighted by molar-refractivity contribution is 0.0997. The Hall–Kier alpha value is -1.52. The van der Waals surface area contributed by atoms with E-state index >= 15 is 0 Å². The van der Waals surface area contributed by atoms with E-state index in [0.29, 0.717) is 12.1 Å². The van der Waals surface area contributed by atoms with Crippen molar-refractivity contribution in [2.45, 2.75) is 44.8 Å². The monoisotopic (exact) mass is 285 g/mol. The lowest BCUT2D eigenvalue weighted by atomic mass is 9.98. The van der Waals surface area contributed by atoms with E-state index in [1.807, 2.05) is 6.07 Å². The highest BCUT2D eigenvalue weighted by atomic mass is 16.5. The third-order valence-electron chi connectivity index (χ3n) is 4.16. The molecular weight excluding hydrogens is 262 g/mol. The molecule has 0 spiro atoms. The lowest BCUT2D eigenvalue weighted by Crippen LogP contribution is -2.23. The molecular formula is C17H23N3O. The number of fused-ring (bicyclic) bond motifs is 1. The van der Waals surface area contributed by atoms with E-state index in [1.54, 1.807) is 12.4 Å². The van der Waals surface area contributed by atoms with E-state index in [-0.39, 0.29) is 0 Å². The molecule has 0 saturated carbocycles. The van der Waals surface area contributed by atoms with Crippen LogP contribution >= 0.6 is 0 Å². The summed E-state index contributed by atoms with van der Waals surface area (Å²) in [5.74, 6) is 0. The van der Waals surface area contributed by atoms with Crippen LogP contribution in [0.3, 0.4) is 0 Å². The maximum atomic E-state index is 5.75. The summed E-state index contributed by atoms with van der Waals surface area (Å²) in [5, 5.41) is 3.59. The number of hydrogen-bond acceptors (Lipinski definition) is 4. The molecule has 3 rings (SSSR count). The first-order chi connectivity index (χ1) is 10.4. The van der Waals surface area contributed by atoms with Gasteiger partial charge in [-0.25, -0.2) is 0 Å². The molecule has 1 aromatic heterocycles. The molecule has 1 fully saturated rings. The molecule has 1 aromatic carbocycles. The molecule has 2 atom stereocenters. The Balaban J connectivity index is 1.80. The largest absolute Gasteiger partial charge is 0.378 e. The standard InChI is InChI=1S/C17H23N3O/c1-2-18-15(9-8-13-5-4-12-21-13)14-6-3-7-16-17(14)20-11-10-19-16/h3,6-7,10-11,13,15,18H,2,4-5,8-9,12H2,1H3. The Labute approximate surface area is 125 Å². The van der Waals surface area contributed by atoms with E-state index in [4.69, 9.17) is 4.74 Å². The van der Waals surface area contributed by atoms with Crippen molar-refractivity contribution in [3.05, 3.63) is 36.2 Å². The Bertz CT molecular complexity index is 576. The molecule has 1 saturated heterocycles. The summed E-state index contributed by atoms with van der Waals surface area (Å²) < 4.78 is 5.75. The molecule has 1 aliphatic heterocycles. The van der Waals surface area contributed by atoms with Gasteiger partial charge in [0.05, 0.1) is 17.1 Å². The van der Waals surface area contributed by atoms with Gasteiger partial charge >= 0.3 is 0 Å². The number of ether oxygens (including phenoxy) is 1. The predicted molar refractivity (Wildman–Crippen MR) is 84.2 cm³/mol. The highest BCUT2D eigenvalue weighted by Crippen LogP contribution is 2.27. The molecule has 1 N–H and O–H groups in total. The van der Waals surface area contributed by atoms with Crippen molar-refractivity contribution in [2.75, 3.05) is 13.2 Å². The van der Waals surface area contributed by atoms with Gasteiger partial charge in [0.15, 0.2) is 0 Å². The van der Waals surface area contributed by atoms with Gasteiger partial charge in [-0.1, -0.05) is 19.1 Å². The van der Waals surface area contributed by atoms with E-state index in [2.05, 4.69) is 34.3 Å². The molecule has 2 unspecified atom stereocenters. The normalized spacial score (nSPS) is 20.0. The zero-order valence-electron chi connectivity index (χ0n) is 12.6. The van der Waals surface area contributed by atoms with Gasteiger partial charge in [-0.15, -0.1) is 0 Å². The molecule has 0 amide bonds. The van der Waals surface area contributed by atoms with Crippen molar-refractivity contribution >= 4 is 11.0 Å². The summed E-state index contributed by atoms with van der Waals surface area (Å²) in [6.07, 6.45) is 8.55. The second kappa shape index (κ2) is 6.96. The molecule has 2 aromatic rings. The number of aromatic nitrogens is 2. The van der Waals surface area contributed by atoms with Gasteiger partial charge in [0, 0.05) is 25.0 Å². The second-order valence-electron chi connectivity index (χ2n) is 5.59. The predicted octanol–water partition coefficient (Wildman–Crippen LogP) is 3.24. The number of hydrogen-bond donors (Lipinski definition) is 1. The molecule has 4 nitrogen and oxygen atoms in total. The Morgan fingerprint density at radius 2 is 2.24 bits per heavy atom. The van der Waals surface area contributed by atoms with Crippen molar-refractivity contribution in [3.63, 3.8) is 0 Å². The first kappa shape index (κ1) is 14.4. The summed E-state index contributed by atoms with van der Waals surface area (Å²) in [5.41, 5.74) is 3.23. The van der Waals surface area contributed by atoms with E-state index in [0.717, 1.165) is 37.0 Å². The third-order valence-corrected chi connectivity index (χ3v) is 4.16. The maximum absolute atomic E-state index is 5.75. The number of benzene rings is 1. The quantitative estimate of drug-likeness (QED) is 0.885. The summed E-state index contributed by atoms with van der Waals surface area (Å²) in [6.45, 7) is 4.03. The highest BCUT2D eigenvalue weighted by molar-refractivity contribution is 5.78. The molecule has 0 bridgehead atoms. The van der Waals surface area contributed by atoms with Crippen molar-refractivity contribution in [3.8, 4) is 0 Å². The zero-order chi connectivity index (χ0) is 14.5. The van der Waals surface area contributed by atoms with Crippen LogP contribution in [0.15, 0.2) is 30.6 Å². The highest BCUT2D eigenvalue weighted by Gasteiger charge is 2.20. The van der Waals surface area contributed by atoms with Gasteiger partial charge in [-0.05, 0) is 43.9 Å². The van der Waals surface area contributed by atoms with Crippen molar-refractivity contribution < 1.29 is 4.74 Å². The Morgan fingerprint density at radius 3 is 3.05 bits per heavy atom. The minimum Gasteiger partial charge on any atom is -0.378 e. The van der Waals surface area contributed by atoms with E-state index < -0.39 is 0 Å². The van der Waals surface area contributed by atoms with E-state index in [9.17, 15) is 0 Å². The summed E-state index contributed by atoms with van der Waals surface area (Å²) in [6, 6.07) is 6.58. The second-order valence-corrected chi connectivity index (χ2v) is 5.59. The Kier molecular flexibility index (Phi) is 4.78. The van der Waals surface area contributed by atoms with Gasteiger partial charge in [-0.2, -0.15) is 0 Å². The Morgan fingerprint density at radius 1 is 1.33 bits per heavy atom. The first-order valence-corrected chi connectivity index (χ1v) is 7.93. The topological polar surface area (TPSA) is 47.0 Å². The fourth-order valence-electron chi connectivity index (χ4n) is 3.13. The van der Waals surface area contributed by atoms with E-state index in [1.165, 1.54) is 18.4 Å². The minimum absolute atomic E-state index is 0.319. The fourth-order valence-corrected chi connectivity index (χ4v) is 3.13. The summed E-state index contributed by atoms with van der Waals surface area (Å²) >= 11 is 0. The molecule has 4 heteroatoms. The SMILES string of the molecule is CCNC(CCC1CCCO1)c1cccc2nccnc12. The smallest absolute Gasteiger partial charge is 0.0934 e. The van der Waals surface area contributed by atoms with Crippen LogP contribution in [0, 0.1) is 0 Å². The molecule has 2 heterocycles. The van der Waals surface area contributed by atoms with Gasteiger partial charge in [0.25, 0.3) is 0 Å². The average molecular weight is 285 g/mol. The van der Waals surface area contributed by atoms with Crippen LogP contribution in [0.25, 0.3) is 11.0 Å². The average Bonchev–Trinajstić information content (AvgIpc) is 3.04. The van der Waals surface area contributed by atoms with Crippen LogP contribution in [-0.2, 0) is 4.74 Å². The first-order valence-electron chi connectivity index (χ1n) is 7.93. The molecule has 1 aliphatic rings. The lowest BCUT2D eigenvalue weighted by Gasteiger charge is -2.21. The minimum atomic E-state index is 0.319. The van der Waals surface area contributed by atoms with Gasteiger partial charge in [0.2, 0.25) is 0 Å². The number of rotatable bonds is 6. The third kappa shape index (κ3) is 3.39. The summed E-state index contributed by atoms with van der Waals surface area (Å²) in [7, 11) is 0. The van der Waals surface area contributed by atoms with Gasteiger partial charge < -0.3 is 10.1 Å². The summed E-state index contributed by atoms with van der Waals surface area (Å²) in [4.78, 5) is 8.94.